The lowest BCUT2D eigenvalue weighted by Crippen LogP contribution is -2.27. The van der Waals surface area contributed by atoms with Crippen molar-refractivity contribution in [3.8, 4) is 0 Å². The molecule has 0 saturated heterocycles. The summed E-state index contributed by atoms with van der Waals surface area (Å²) in [5.41, 5.74) is 2.27. The van der Waals surface area contributed by atoms with Crippen molar-refractivity contribution in [1.82, 2.24) is 24.3 Å². The summed E-state index contributed by atoms with van der Waals surface area (Å²) in [7, 11) is -0.0755. The van der Waals surface area contributed by atoms with Crippen molar-refractivity contribution in [1.29, 1.82) is 0 Å². The van der Waals surface area contributed by atoms with Crippen LogP contribution in [0.5, 0.6) is 0 Å². The van der Waals surface area contributed by atoms with Crippen LogP contribution in [0.4, 0.5) is 0 Å². The fourth-order valence-electron chi connectivity index (χ4n) is 2.14. The van der Waals surface area contributed by atoms with Crippen molar-refractivity contribution in [2.75, 3.05) is 0 Å². The normalized spacial score (nSPS) is 13.7. The number of hydrogen-bond acceptors (Lipinski definition) is 4. The van der Waals surface area contributed by atoms with Crippen molar-refractivity contribution >= 4 is 10.0 Å². The molecule has 20 heavy (non-hydrogen) atoms. The van der Waals surface area contributed by atoms with Crippen LogP contribution in [0.2, 0.25) is 0 Å². The molecular formula is C12H19N5O2S. The maximum atomic E-state index is 12.4. The van der Waals surface area contributed by atoms with Gasteiger partial charge < -0.3 is 0 Å². The molecule has 0 bridgehead atoms. The van der Waals surface area contributed by atoms with Gasteiger partial charge in [0.2, 0.25) is 10.0 Å². The van der Waals surface area contributed by atoms with E-state index in [4.69, 9.17) is 0 Å². The van der Waals surface area contributed by atoms with E-state index in [1.165, 1.54) is 10.9 Å². The fraction of sp³-hybridized carbons (Fsp3) is 0.500. The third-order valence-electron chi connectivity index (χ3n) is 3.33. The van der Waals surface area contributed by atoms with Gasteiger partial charge in [0.05, 0.1) is 11.9 Å². The van der Waals surface area contributed by atoms with E-state index in [2.05, 4.69) is 14.9 Å². The molecule has 0 saturated carbocycles. The average Bonchev–Trinajstić information content (AvgIpc) is 2.83. The van der Waals surface area contributed by atoms with E-state index in [-0.39, 0.29) is 10.9 Å². The van der Waals surface area contributed by atoms with Gasteiger partial charge in [-0.2, -0.15) is 10.2 Å². The van der Waals surface area contributed by atoms with E-state index < -0.39 is 10.0 Å². The number of sulfonamides is 1. The Morgan fingerprint density at radius 1 is 1.30 bits per heavy atom. The summed E-state index contributed by atoms with van der Waals surface area (Å²) >= 11 is 0. The molecule has 110 valence electrons. The maximum absolute atomic E-state index is 12.4. The van der Waals surface area contributed by atoms with E-state index in [1.54, 1.807) is 31.8 Å². The van der Waals surface area contributed by atoms with Crippen LogP contribution in [0.3, 0.4) is 0 Å². The minimum atomic E-state index is -3.60. The highest BCUT2D eigenvalue weighted by Crippen LogP contribution is 2.20. The Bertz CT molecular complexity index is 729. The predicted molar refractivity (Wildman–Crippen MR) is 74.6 cm³/mol. The Labute approximate surface area is 118 Å². The van der Waals surface area contributed by atoms with Gasteiger partial charge >= 0.3 is 0 Å². The summed E-state index contributed by atoms with van der Waals surface area (Å²) in [6.45, 7) is 5.38. The van der Waals surface area contributed by atoms with Crippen LogP contribution >= 0.6 is 0 Å². The molecule has 2 aromatic heterocycles. The Kier molecular flexibility index (Phi) is 3.70. The molecule has 8 heteroatoms. The van der Waals surface area contributed by atoms with Crippen LogP contribution in [0.1, 0.15) is 29.9 Å². The number of rotatable bonds is 4. The summed E-state index contributed by atoms with van der Waals surface area (Å²) < 4.78 is 30.6. The van der Waals surface area contributed by atoms with Crippen molar-refractivity contribution in [3.05, 3.63) is 29.3 Å². The lowest BCUT2D eigenvalue weighted by molar-refractivity contribution is 0.565. The second-order valence-electron chi connectivity index (χ2n) is 4.90. The third kappa shape index (κ3) is 2.61. The van der Waals surface area contributed by atoms with Crippen LogP contribution in [0.15, 0.2) is 17.3 Å². The summed E-state index contributed by atoms with van der Waals surface area (Å²) in [6, 6.07) is -0.353. The van der Waals surface area contributed by atoms with Crippen LogP contribution in [-0.4, -0.2) is 28.0 Å². The number of aromatic nitrogens is 4. The molecule has 2 rings (SSSR count). The molecule has 0 aliphatic heterocycles. The van der Waals surface area contributed by atoms with Gasteiger partial charge in [-0.05, 0) is 20.8 Å². The van der Waals surface area contributed by atoms with Crippen molar-refractivity contribution < 1.29 is 8.42 Å². The lowest BCUT2D eigenvalue weighted by Gasteiger charge is -2.13. The quantitative estimate of drug-likeness (QED) is 0.905. The van der Waals surface area contributed by atoms with Gasteiger partial charge in [-0.3, -0.25) is 9.36 Å². The highest BCUT2D eigenvalue weighted by atomic mass is 32.2. The van der Waals surface area contributed by atoms with Crippen molar-refractivity contribution in [3.63, 3.8) is 0 Å². The highest BCUT2D eigenvalue weighted by Gasteiger charge is 2.24. The van der Waals surface area contributed by atoms with Crippen LogP contribution < -0.4 is 4.72 Å². The molecule has 1 unspecified atom stereocenters. The summed E-state index contributed by atoms with van der Waals surface area (Å²) in [6.07, 6.45) is 3.18. The van der Waals surface area contributed by atoms with E-state index in [0.29, 0.717) is 5.69 Å². The first-order valence-corrected chi connectivity index (χ1v) is 7.71. The van der Waals surface area contributed by atoms with Crippen molar-refractivity contribution in [2.24, 2.45) is 14.1 Å². The van der Waals surface area contributed by atoms with Crippen molar-refractivity contribution in [2.45, 2.75) is 31.7 Å². The van der Waals surface area contributed by atoms with Gasteiger partial charge in [-0.25, -0.2) is 13.1 Å². The largest absolute Gasteiger partial charge is 0.274 e. The average molecular weight is 297 g/mol. The van der Waals surface area contributed by atoms with E-state index in [1.807, 2.05) is 14.0 Å². The first-order chi connectivity index (χ1) is 9.22. The zero-order chi connectivity index (χ0) is 15.1. The molecule has 0 radical (unpaired) electrons. The van der Waals surface area contributed by atoms with E-state index >= 15 is 0 Å². The molecule has 2 heterocycles. The topological polar surface area (TPSA) is 81.8 Å². The molecule has 0 amide bonds. The van der Waals surface area contributed by atoms with Gasteiger partial charge in [-0.1, -0.05) is 0 Å². The van der Waals surface area contributed by atoms with Crippen LogP contribution in [-0.2, 0) is 24.1 Å². The van der Waals surface area contributed by atoms with Gasteiger partial charge in [0, 0.05) is 37.6 Å². The first-order valence-electron chi connectivity index (χ1n) is 6.23. The number of nitrogens with zero attached hydrogens (tertiary/aromatic N) is 4. The van der Waals surface area contributed by atoms with Gasteiger partial charge in [-0.15, -0.1) is 0 Å². The Balaban J connectivity index is 2.29. The van der Waals surface area contributed by atoms with Gasteiger partial charge in [0.25, 0.3) is 0 Å². The Morgan fingerprint density at radius 3 is 2.40 bits per heavy atom. The van der Waals surface area contributed by atoms with E-state index in [0.717, 1.165) is 11.3 Å². The summed E-state index contributed by atoms with van der Waals surface area (Å²) in [4.78, 5) is 0.202. The first kappa shape index (κ1) is 14.7. The Morgan fingerprint density at radius 2 is 1.95 bits per heavy atom. The molecule has 0 aromatic carbocycles. The second-order valence-corrected chi connectivity index (χ2v) is 6.59. The fourth-order valence-corrected chi connectivity index (χ4v) is 3.58. The molecule has 1 N–H and O–H groups in total. The van der Waals surface area contributed by atoms with Gasteiger partial charge in [0.15, 0.2) is 0 Å². The zero-order valence-electron chi connectivity index (χ0n) is 12.2. The Hall–Kier alpha value is -1.67. The molecule has 2 aromatic rings. The molecule has 0 fully saturated rings. The number of aryl methyl sites for hydroxylation is 3. The maximum Gasteiger partial charge on any atom is 0.244 e. The minimum absolute atomic E-state index is 0.202. The van der Waals surface area contributed by atoms with E-state index in [9.17, 15) is 8.42 Å². The molecular weight excluding hydrogens is 278 g/mol. The number of hydrogen-bond donors (Lipinski definition) is 1. The molecule has 0 spiro atoms. The lowest BCUT2D eigenvalue weighted by atomic mass is 10.1. The van der Waals surface area contributed by atoms with Crippen LogP contribution in [0, 0.1) is 13.8 Å². The minimum Gasteiger partial charge on any atom is -0.274 e. The summed E-state index contributed by atoms with van der Waals surface area (Å²) in [5.74, 6) is 0. The molecule has 0 aliphatic rings. The van der Waals surface area contributed by atoms with Crippen LogP contribution in [0.25, 0.3) is 0 Å². The summed E-state index contributed by atoms with van der Waals surface area (Å²) in [5, 5.41) is 8.19. The molecule has 7 nitrogen and oxygen atoms in total. The predicted octanol–water partition coefficient (Wildman–Crippen LogP) is 0.810. The smallest absolute Gasteiger partial charge is 0.244 e. The monoisotopic (exact) mass is 297 g/mol. The standard InChI is InChI=1S/C12H19N5O2S/c1-8(11-6-13-17(5)10(11)3)15-20(18,19)12-7-16(4)14-9(12)2/h6-8,15H,1-5H3. The second kappa shape index (κ2) is 5.02. The SMILES string of the molecule is Cc1nn(C)cc1S(=O)(=O)NC(C)c1cnn(C)c1C. The number of nitrogens with one attached hydrogen (secondary N) is 1. The highest BCUT2D eigenvalue weighted by molar-refractivity contribution is 7.89. The molecule has 1 atom stereocenters. The zero-order valence-corrected chi connectivity index (χ0v) is 13.1. The van der Waals surface area contributed by atoms with Gasteiger partial charge in [0.1, 0.15) is 4.90 Å². The third-order valence-corrected chi connectivity index (χ3v) is 4.97. The molecule has 0 aliphatic carbocycles.